The van der Waals surface area contributed by atoms with Gasteiger partial charge in [0.25, 0.3) is 5.91 Å². The molecule has 0 spiro atoms. The van der Waals surface area contributed by atoms with Crippen LogP contribution in [0.3, 0.4) is 0 Å². The average molecular weight is 306 g/mol. The molecule has 1 unspecified atom stereocenters. The second-order valence-corrected chi connectivity index (χ2v) is 5.07. The van der Waals surface area contributed by atoms with Crippen LogP contribution in [0.2, 0.25) is 0 Å². The van der Waals surface area contributed by atoms with Crippen molar-refractivity contribution in [3.05, 3.63) is 35.1 Å². The zero-order valence-electron chi connectivity index (χ0n) is 11.9. The SMILES string of the molecule is CCC(C)(CCN)NC(=O)c1cccc(C(F)(F)F)c1F. The Hall–Kier alpha value is -1.63. The summed E-state index contributed by atoms with van der Waals surface area (Å²) in [6, 6.07) is 2.64. The van der Waals surface area contributed by atoms with Gasteiger partial charge in [0.05, 0.1) is 11.1 Å². The third-order valence-corrected chi connectivity index (χ3v) is 3.44. The van der Waals surface area contributed by atoms with E-state index in [4.69, 9.17) is 5.73 Å². The van der Waals surface area contributed by atoms with E-state index in [9.17, 15) is 22.4 Å². The highest BCUT2D eigenvalue weighted by Gasteiger charge is 2.36. The van der Waals surface area contributed by atoms with Gasteiger partial charge in [-0.2, -0.15) is 13.2 Å². The summed E-state index contributed by atoms with van der Waals surface area (Å²) in [7, 11) is 0. The predicted molar refractivity (Wildman–Crippen MR) is 71.2 cm³/mol. The van der Waals surface area contributed by atoms with Crippen LogP contribution in [0, 0.1) is 5.82 Å². The molecule has 0 heterocycles. The van der Waals surface area contributed by atoms with Gasteiger partial charge >= 0.3 is 6.18 Å². The van der Waals surface area contributed by atoms with E-state index < -0.39 is 34.6 Å². The zero-order chi connectivity index (χ0) is 16.3. The van der Waals surface area contributed by atoms with Gasteiger partial charge in [0, 0.05) is 5.54 Å². The number of rotatable bonds is 5. The van der Waals surface area contributed by atoms with E-state index in [1.54, 1.807) is 13.8 Å². The second-order valence-electron chi connectivity index (χ2n) is 5.07. The molecule has 3 N–H and O–H groups in total. The van der Waals surface area contributed by atoms with Crippen LogP contribution in [-0.4, -0.2) is 18.0 Å². The number of nitrogens with two attached hydrogens (primary N) is 1. The largest absolute Gasteiger partial charge is 0.419 e. The maximum atomic E-state index is 13.9. The smallest absolute Gasteiger partial charge is 0.347 e. The van der Waals surface area contributed by atoms with Crippen molar-refractivity contribution in [2.24, 2.45) is 5.73 Å². The number of nitrogens with one attached hydrogen (secondary N) is 1. The lowest BCUT2D eigenvalue weighted by atomic mass is 9.94. The van der Waals surface area contributed by atoms with E-state index in [-0.39, 0.29) is 0 Å². The molecule has 0 aliphatic heterocycles. The van der Waals surface area contributed by atoms with Crippen molar-refractivity contribution in [3.8, 4) is 0 Å². The lowest BCUT2D eigenvalue weighted by molar-refractivity contribution is -0.140. The Morgan fingerprint density at radius 3 is 2.43 bits per heavy atom. The average Bonchev–Trinajstić information content (AvgIpc) is 2.37. The van der Waals surface area contributed by atoms with Gasteiger partial charge in [-0.25, -0.2) is 4.39 Å². The minimum atomic E-state index is -4.84. The van der Waals surface area contributed by atoms with Crippen LogP contribution in [0.15, 0.2) is 18.2 Å². The van der Waals surface area contributed by atoms with E-state index >= 15 is 0 Å². The highest BCUT2D eigenvalue weighted by Crippen LogP contribution is 2.32. The number of alkyl halides is 3. The number of carbonyl (C=O) groups excluding carboxylic acids is 1. The summed E-state index contributed by atoms with van der Waals surface area (Å²) in [5.74, 6) is -2.44. The molecule has 21 heavy (non-hydrogen) atoms. The van der Waals surface area contributed by atoms with Gasteiger partial charge in [-0.05, 0) is 38.4 Å². The Balaban J connectivity index is 3.09. The third kappa shape index (κ3) is 4.17. The first-order chi connectivity index (χ1) is 9.64. The molecule has 0 aromatic heterocycles. The van der Waals surface area contributed by atoms with Gasteiger partial charge in [0.2, 0.25) is 0 Å². The molecule has 0 aliphatic carbocycles. The monoisotopic (exact) mass is 306 g/mol. The van der Waals surface area contributed by atoms with E-state index in [1.807, 2.05) is 0 Å². The molecule has 7 heteroatoms. The van der Waals surface area contributed by atoms with Gasteiger partial charge in [-0.3, -0.25) is 4.79 Å². The first-order valence-electron chi connectivity index (χ1n) is 6.53. The topological polar surface area (TPSA) is 55.1 Å². The van der Waals surface area contributed by atoms with E-state index in [1.165, 1.54) is 0 Å². The third-order valence-electron chi connectivity index (χ3n) is 3.44. The van der Waals surface area contributed by atoms with E-state index in [2.05, 4.69) is 5.32 Å². The molecule has 1 atom stereocenters. The van der Waals surface area contributed by atoms with Crippen LogP contribution in [-0.2, 0) is 6.18 Å². The Morgan fingerprint density at radius 1 is 1.33 bits per heavy atom. The molecule has 118 valence electrons. The molecule has 1 aromatic rings. The number of amides is 1. The summed E-state index contributed by atoms with van der Waals surface area (Å²) >= 11 is 0. The van der Waals surface area contributed by atoms with Crippen LogP contribution in [0.5, 0.6) is 0 Å². The van der Waals surface area contributed by atoms with Crippen LogP contribution in [0.25, 0.3) is 0 Å². The van der Waals surface area contributed by atoms with Gasteiger partial charge < -0.3 is 11.1 Å². The van der Waals surface area contributed by atoms with E-state index in [0.717, 1.165) is 12.1 Å². The molecule has 0 saturated heterocycles. The number of carbonyl (C=O) groups is 1. The standard InChI is InChI=1S/C14H18F4N2O/c1-3-13(2,7-8-19)20-12(21)9-5-4-6-10(11(9)15)14(16,17)18/h4-6H,3,7-8,19H2,1-2H3,(H,20,21). The summed E-state index contributed by atoms with van der Waals surface area (Å²) < 4.78 is 51.8. The fourth-order valence-corrected chi connectivity index (χ4v) is 1.91. The van der Waals surface area contributed by atoms with Crippen molar-refractivity contribution in [2.75, 3.05) is 6.54 Å². The number of benzene rings is 1. The minimum Gasteiger partial charge on any atom is -0.347 e. The summed E-state index contributed by atoms with van der Waals surface area (Å²) in [5.41, 5.74) is 2.68. The molecule has 0 saturated carbocycles. The summed E-state index contributed by atoms with van der Waals surface area (Å²) in [5, 5.41) is 2.55. The van der Waals surface area contributed by atoms with Crippen LogP contribution < -0.4 is 11.1 Å². The minimum absolute atomic E-state index is 0.301. The first kappa shape index (κ1) is 17.4. The second kappa shape index (κ2) is 6.43. The Kier molecular flexibility index (Phi) is 5.33. The van der Waals surface area contributed by atoms with Gasteiger partial charge in [0.1, 0.15) is 5.82 Å². The highest BCUT2D eigenvalue weighted by atomic mass is 19.4. The van der Waals surface area contributed by atoms with Crippen LogP contribution in [0.1, 0.15) is 42.6 Å². The van der Waals surface area contributed by atoms with Gasteiger partial charge in [0.15, 0.2) is 0 Å². The molecule has 1 amide bonds. The number of hydrogen-bond acceptors (Lipinski definition) is 2. The van der Waals surface area contributed by atoms with Crippen molar-refractivity contribution in [3.63, 3.8) is 0 Å². The molecule has 0 bridgehead atoms. The molecule has 0 fully saturated rings. The zero-order valence-corrected chi connectivity index (χ0v) is 11.9. The normalized spacial score (nSPS) is 14.6. The maximum Gasteiger partial charge on any atom is 0.419 e. The number of halogens is 4. The fourth-order valence-electron chi connectivity index (χ4n) is 1.91. The predicted octanol–water partition coefficient (Wildman–Crippen LogP) is 3.09. The molecule has 1 aromatic carbocycles. The first-order valence-corrected chi connectivity index (χ1v) is 6.53. The van der Waals surface area contributed by atoms with Crippen molar-refractivity contribution < 1.29 is 22.4 Å². The van der Waals surface area contributed by atoms with Crippen LogP contribution >= 0.6 is 0 Å². The maximum absolute atomic E-state index is 13.9. The Bertz CT molecular complexity index is 516. The van der Waals surface area contributed by atoms with Gasteiger partial charge in [-0.1, -0.05) is 13.0 Å². The number of hydrogen-bond donors (Lipinski definition) is 2. The quantitative estimate of drug-likeness (QED) is 0.821. The van der Waals surface area contributed by atoms with Crippen molar-refractivity contribution in [2.45, 2.75) is 38.4 Å². The molecule has 1 rings (SSSR count). The van der Waals surface area contributed by atoms with Crippen molar-refractivity contribution >= 4 is 5.91 Å². The summed E-state index contributed by atoms with van der Waals surface area (Å²) in [6.45, 7) is 3.82. The van der Waals surface area contributed by atoms with E-state index in [0.29, 0.717) is 25.5 Å². The molecule has 0 radical (unpaired) electrons. The molecular weight excluding hydrogens is 288 g/mol. The highest BCUT2D eigenvalue weighted by molar-refractivity contribution is 5.95. The summed E-state index contributed by atoms with van der Waals surface area (Å²) in [6.07, 6.45) is -3.88. The van der Waals surface area contributed by atoms with Crippen LogP contribution in [0.4, 0.5) is 17.6 Å². The molecule has 3 nitrogen and oxygen atoms in total. The van der Waals surface area contributed by atoms with Crippen molar-refractivity contribution in [1.29, 1.82) is 0 Å². The lowest BCUT2D eigenvalue weighted by Gasteiger charge is -2.29. The molecule has 0 aliphatic rings. The Labute approximate surface area is 120 Å². The van der Waals surface area contributed by atoms with Gasteiger partial charge in [-0.15, -0.1) is 0 Å². The lowest BCUT2D eigenvalue weighted by Crippen LogP contribution is -2.47. The molecular formula is C14H18F4N2O. The summed E-state index contributed by atoms with van der Waals surface area (Å²) in [4.78, 5) is 12.0. The Morgan fingerprint density at radius 2 is 1.95 bits per heavy atom. The van der Waals surface area contributed by atoms with Crippen molar-refractivity contribution in [1.82, 2.24) is 5.32 Å². The fraction of sp³-hybridized carbons (Fsp3) is 0.500.